The third kappa shape index (κ3) is 19.1. The maximum Gasteiger partial charge on any atom is 0.245 e. The maximum absolute atomic E-state index is 11.6. The van der Waals surface area contributed by atoms with E-state index in [4.69, 9.17) is 18.9 Å². The molecular formula is C18H36N2O6. The Morgan fingerprint density at radius 1 is 0.731 bits per heavy atom. The first-order valence-corrected chi connectivity index (χ1v) is 9.40. The Labute approximate surface area is 157 Å². The number of carbonyl (C=O) groups is 2. The minimum absolute atomic E-state index is 0.0150. The Morgan fingerprint density at radius 3 is 2.04 bits per heavy atom. The summed E-state index contributed by atoms with van der Waals surface area (Å²) >= 11 is 0. The van der Waals surface area contributed by atoms with Crippen molar-refractivity contribution in [3.05, 3.63) is 0 Å². The number of unbranched alkanes of at least 4 members (excludes halogenated alkanes) is 3. The monoisotopic (exact) mass is 376 g/mol. The fourth-order valence-electron chi connectivity index (χ4n) is 1.99. The SMILES string of the molecule is CNC(=O)COCCCCCOCCNC(=O)CCOCCCCOC. The molecule has 0 aromatic carbocycles. The minimum Gasteiger partial charge on any atom is -0.385 e. The van der Waals surface area contributed by atoms with Crippen molar-refractivity contribution in [1.29, 1.82) is 0 Å². The van der Waals surface area contributed by atoms with Gasteiger partial charge in [0.15, 0.2) is 0 Å². The molecule has 0 saturated carbocycles. The summed E-state index contributed by atoms with van der Waals surface area (Å²) in [7, 11) is 3.27. The van der Waals surface area contributed by atoms with Crippen LogP contribution in [0.5, 0.6) is 0 Å². The number of hydrogen-bond donors (Lipinski definition) is 2. The van der Waals surface area contributed by atoms with Gasteiger partial charge in [-0.05, 0) is 32.1 Å². The van der Waals surface area contributed by atoms with Gasteiger partial charge in [0.1, 0.15) is 6.61 Å². The molecule has 0 aliphatic rings. The Kier molecular flexibility index (Phi) is 19.2. The minimum atomic E-state index is -0.107. The summed E-state index contributed by atoms with van der Waals surface area (Å²) in [5, 5.41) is 5.31. The zero-order valence-corrected chi connectivity index (χ0v) is 16.3. The lowest BCUT2D eigenvalue weighted by molar-refractivity contribution is -0.125. The van der Waals surface area contributed by atoms with Crippen molar-refractivity contribution in [1.82, 2.24) is 10.6 Å². The van der Waals surface area contributed by atoms with Crippen molar-refractivity contribution in [3.8, 4) is 0 Å². The van der Waals surface area contributed by atoms with Crippen LogP contribution < -0.4 is 10.6 Å². The summed E-state index contributed by atoms with van der Waals surface area (Å²) in [6, 6.07) is 0. The molecule has 2 N–H and O–H groups in total. The van der Waals surface area contributed by atoms with E-state index in [-0.39, 0.29) is 18.4 Å². The fourth-order valence-corrected chi connectivity index (χ4v) is 1.99. The Morgan fingerprint density at radius 2 is 1.35 bits per heavy atom. The number of nitrogens with one attached hydrogen (secondary N) is 2. The summed E-state index contributed by atoms with van der Waals surface area (Å²) in [5.74, 6) is -0.122. The fraction of sp³-hybridized carbons (Fsp3) is 0.889. The predicted octanol–water partition coefficient (Wildman–Crippen LogP) is 0.885. The molecule has 0 unspecified atom stereocenters. The molecule has 0 bridgehead atoms. The smallest absolute Gasteiger partial charge is 0.245 e. The molecule has 0 saturated heterocycles. The van der Waals surface area contributed by atoms with Gasteiger partial charge in [-0.3, -0.25) is 9.59 Å². The molecule has 0 spiro atoms. The van der Waals surface area contributed by atoms with E-state index < -0.39 is 0 Å². The van der Waals surface area contributed by atoms with Crippen molar-refractivity contribution in [2.75, 3.05) is 67.0 Å². The second kappa shape index (κ2) is 20.1. The van der Waals surface area contributed by atoms with Crippen molar-refractivity contribution < 1.29 is 28.5 Å². The lowest BCUT2D eigenvalue weighted by Gasteiger charge is -2.07. The first-order valence-electron chi connectivity index (χ1n) is 9.40. The molecular weight excluding hydrogens is 340 g/mol. The van der Waals surface area contributed by atoms with Gasteiger partial charge in [-0.2, -0.15) is 0 Å². The molecule has 2 amide bonds. The van der Waals surface area contributed by atoms with Gasteiger partial charge in [0.05, 0.1) is 13.2 Å². The van der Waals surface area contributed by atoms with Crippen LogP contribution in [0.1, 0.15) is 38.5 Å². The molecule has 154 valence electrons. The van der Waals surface area contributed by atoms with Gasteiger partial charge in [0.2, 0.25) is 11.8 Å². The number of methoxy groups -OCH3 is 1. The number of carbonyl (C=O) groups excluding carboxylic acids is 2. The number of hydrogen-bond acceptors (Lipinski definition) is 6. The second-order valence-corrected chi connectivity index (χ2v) is 5.81. The van der Waals surface area contributed by atoms with E-state index in [1.54, 1.807) is 14.2 Å². The van der Waals surface area contributed by atoms with Gasteiger partial charge < -0.3 is 29.6 Å². The lowest BCUT2D eigenvalue weighted by Crippen LogP contribution is -2.28. The molecule has 8 nitrogen and oxygen atoms in total. The van der Waals surface area contributed by atoms with Crippen LogP contribution in [-0.4, -0.2) is 78.8 Å². The summed E-state index contributed by atoms with van der Waals surface area (Å²) in [6.07, 6.45) is 5.13. The van der Waals surface area contributed by atoms with Crippen LogP contribution in [0.25, 0.3) is 0 Å². The molecule has 0 aromatic rings. The van der Waals surface area contributed by atoms with Crippen molar-refractivity contribution in [2.45, 2.75) is 38.5 Å². The van der Waals surface area contributed by atoms with Gasteiger partial charge >= 0.3 is 0 Å². The van der Waals surface area contributed by atoms with E-state index >= 15 is 0 Å². The maximum atomic E-state index is 11.6. The molecule has 0 aliphatic carbocycles. The summed E-state index contributed by atoms with van der Waals surface area (Å²) in [5.41, 5.74) is 0. The van der Waals surface area contributed by atoms with Gasteiger partial charge in [-0.15, -0.1) is 0 Å². The van der Waals surface area contributed by atoms with Crippen molar-refractivity contribution in [2.24, 2.45) is 0 Å². The predicted molar refractivity (Wildman–Crippen MR) is 99.1 cm³/mol. The molecule has 0 aromatic heterocycles. The Bertz CT molecular complexity index is 342. The Balaban J connectivity index is 3.17. The van der Waals surface area contributed by atoms with Crippen LogP contribution in [-0.2, 0) is 28.5 Å². The highest BCUT2D eigenvalue weighted by Gasteiger charge is 2.01. The van der Waals surface area contributed by atoms with E-state index in [1.807, 2.05) is 0 Å². The van der Waals surface area contributed by atoms with Crippen LogP contribution in [0.15, 0.2) is 0 Å². The topological polar surface area (TPSA) is 95.1 Å². The van der Waals surface area contributed by atoms with Crippen LogP contribution in [0.4, 0.5) is 0 Å². The van der Waals surface area contributed by atoms with Crippen LogP contribution in [0.2, 0.25) is 0 Å². The van der Waals surface area contributed by atoms with E-state index in [0.717, 1.165) is 38.7 Å². The second-order valence-electron chi connectivity index (χ2n) is 5.81. The highest BCUT2D eigenvalue weighted by atomic mass is 16.5. The molecule has 8 heteroatoms. The number of amides is 2. The zero-order valence-electron chi connectivity index (χ0n) is 16.3. The average Bonchev–Trinajstić information content (AvgIpc) is 2.65. The van der Waals surface area contributed by atoms with Crippen molar-refractivity contribution >= 4 is 11.8 Å². The van der Waals surface area contributed by atoms with E-state index in [1.165, 1.54) is 0 Å². The van der Waals surface area contributed by atoms with Gasteiger partial charge in [0, 0.05) is 53.6 Å². The van der Waals surface area contributed by atoms with Crippen LogP contribution in [0, 0.1) is 0 Å². The summed E-state index contributed by atoms with van der Waals surface area (Å²) in [4.78, 5) is 22.5. The molecule has 0 radical (unpaired) electrons. The number of ether oxygens (including phenoxy) is 4. The number of rotatable bonds is 19. The molecule has 0 aliphatic heterocycles. The van der Waals surface area contributed by atoms with Crippen molar-refractivity contribution in [3.63, 3.8) is 0 Å². The third-order valence-electron chi connectivity index (χ3n) is 3.52. The molecule has 0 atom stereocenters. The number of likely N-dealkylation sites (N-methyl/N-ethyl adjacent to an activating group) is 1. The molecule has 0 heterocycles. The largest absolute Gasteiger partial charge is 0.385 e. The van der Waals surface area contributed by atoms with Crippen LogP contribution in [0.3, 0.4) is 0 Å². The first-order chi connectivity index (χ1) is 12.7. The summed E-state index contributed by atoms with van der Waals surface area (Å²) in [6.45, 7) is 4.24. The highest BCUT2D eigenvalue weighted by Crippen LogP contribution is 1.96. The molecule has 0 fully saturated rings. The highest BCUT2D eigenvalue weighted by molar-refractivity contribution is 5.76. The normalized spacial score (nSPS) is 10.7. The van der Waals surface area contributed by atoms with E-state index in [2.05, 4.69) is 10.6 Å². The molecule has 0 rings (SSSR count). The third-order valence-corrected chi connectivity index (χ3v) is 3.52. The average molecular weight is 376 g/mol. The summed E-state index contributed by atoms with van der Waals surface area (Å²) < 4.78 is 21.0. The van der Waals surface area contributed by atoms with Gasteiger partial charge in [-0.1, -0.05) is 0 Å². The lowest BCUT2D eigenvalue weighted by atomic mass is 10.2. The quantitative estimate of drug-likeness (QED) is 0.325. The zero-order chi connectivity index (χ0) is 19.3. The van der Waals surface area contributed by atoms with Gasteiger partial charge in [0.25, 0.3) is 0 Å². The van der Waals surface area contributed by atoms with E-state index in [0.29, 0.717) is 46.0 Å². The van der Waals surface area contributed by atoms with Crippen LogP contribution >= 0.6 is 0 Å². The van der Waals surface area contributed by atoms with E-state index in [9.17, 15) is 9.59 Å². The first kappa shape index (κ1) is 24.8. The standard InChI is InChI=1S/C18H36N2O6/c1-19-18(22)16-26-13-5-3-4-11-25-15-9-20-17(21)8-14-24-12-7-6-10-23-2/h3-16H2,1-2H3,(H,19,22)(H,20,21). The molecule has 26 heavy (non-hydrogen) atoms. The Hall–Kier alpha value is -1.22. The van der Waals surface area contributed by atoms with Gasteiger partial charge in [-0.25, -0.2) is 0 Å².